The molecule has 1 N–H and O–H groups in total. The van der Waals surface area contributed by atoms with Crippen LogP contribution < -0.4 is 5.32 Å². The Morgan fingerprint density at radius 2 is 1.93 bits per heavy atom. The first-order chi connectivity index (χ1) is 13.7. The van der Waals surface area contributed by atoms with Crippen LogP contribution in [0, 0.1) is 0 Å². The molecule has 1 aromatic carbocycles. The van der Waals surface area contributed by atoms with E-state index in [0.29, 0.717) is 30.1 Å². The lowest BCUT2D eigenvalue weighted by molar-refractivity contribution is -0.140. The van der Waals surface area contributed by atoms with Gasteiger partial charge in [-0.15, -0.1) is 0 Å². The number of carbonyl (C=O) groups is 2. The summed E-state index contributed by atoms with van der Waals surface area (Å²) in [6.45, 7) is 0.524. The number of methoxy groups -OCH3 is 1. The van der Waals surface area contributed by atoms with Crippen LogP contribution in [0.3, 0.4) is 0 Å². The molecule has 0 fully saturated rings. The van der Waals surface area contributed by atoms with E-state index in [0.717, 1.165) is 24.9 Å². The zero-order valence-corrected chi connectivity index (χ0v) is 15.8. The molecule has 0 spiro atoms. The van der Waals surface area contributed by atoms with E-state index in [9.17, 15) is 9.59 Å². The Hall–Kier alpha value is -3.35. The average molecular weight is 381 g/mol. The maximum absolute atomic E-state index is 12.7. The van der Waals surface area contributed by atoms with Gasteiger partial charge in [0.25, 0.3) is 5.91 Å². The van der Waals surface area contributed by atoms with E-state index < -0.39 is 0 Å². The molecule has 7 heteroatoms. The van der Waals surface area contributed by atoms with Crippen molar-refractivity contribution in [2.24, 2.45) is 0 Å². The van der Waals surface area contributed by atoms with Crippen molar-refractivity contribution in [3.05, 3.63) is 60.5 Å². The van der Waals surface area contributed by atoms with Crippen molar-refractivity contribution in [2.45, 2.75) is 25.7 Å². The number of ether oxygens (including phenoxy) is 1. The average Bonchev–Trinajstić information content (AvgIpc) is 3.40. The largest absolute Gasteiger partial charge is 0.469 e. The Bertz CT molecular complexity index is 901. The Morgan fingerprint density at radius 1 is 1.11 bits per heavy atom. The lowest BCUT2D eigenvalue weighted by Gasteiger charge is -2.08. The first-order valence-corrected chi connectivity index (χ1v) is 9.23. The molecule has 1 amide bonds. The summed E-state index contributed by atoms with van der Waals surface area (Å²) < 4.78 is 11.6. The molecule has 146 valence electrons. The molecule has 3 aromatic rings. The number of carbonyl (C=O) groups excluding carboxylic acids is 2. The molecule has 0 saturated carbocycles. The van der Waals surface area contributed by atoms with Gasteiger partial charge in [0.1, 0.15) is 11.4 Å². The van der Waals surface area contributed by atoms with Gasteiger partial charge in [0.15, 0.2) is 5.76 Å². The summed E-state index contributed by atoms with van der Waals surface area (Å²) in [7, 11) is 1.38. The number of furan rings is 1. The van der Waals surface area contributed by atoms with E-state index in [2.05, 4.69) is 15.2 Å². The highest BCUT2D eigenvalue weighted by Crippen LogP contribution is 2.22. The van der Waals surface area contributed by atoms with Crippen molar-refractivity contribution in [3.8, 4) is 17.1 Å². The second kappa shape index (κ2) is 9.55. The molecule has 0 unspecified atom stereocenters. The molecule has 0 aliphatic carbocycles. The van der Waals surface area contributed by atoms with Gasteiger partial charge in [-0.3, -0.25) is 9.59 Å². The number of rotatable bonds is 9. The normalized spacial score (nSPS) is 10.6. The van der Waals surface area contributed by atoms with Gasteiger partial charge in [-0.25, -0.2) is 4.68 Å². The summed E-state index contributed by atoms with van der Waals surface area (Å²) in [6.07, 6.45) is 4.34. The number of unbranched alkanes of at least 4 members (excludes halogenated alkanes) is 2. The van der Waals surface area contributed by atoms with Crippen molar-refractivity contribution in [2.75, 3.05) is 13.7 Å². The third kappa shape index (κ3) is 4.88. The molecule has 0 radical (unpaired) electrons. The minimum Gasteiger partial charge on any atom is -0.469 e. The topological polar surface area (TPSA) is 86.4 Å². The van der Waals surface area contributed by atoms with Crippen LogP contribution in [-0.4, -0.2) is 35.3 Å². The van der Waals surface area contributed by atoms with E-state index in [4.69, 9.17) is 4.42 Å². The molecule has 2 heterocycles. The van der Waals surface area contributed by atoms with Gasteiger partial charge in [-0.05, 0) is 37.1 Å². The van der Waals surface area contributed by atoms with Gasteiger partial charge in [0.2, 0.25) is 0 Å². The number of hydrogen-bond donors (Lipinski definition) is 1. The summed E-state index contributed by atoms with van der Waals surface area (Å²) >= 11 is 0. The molecule has 7 nitrogen and oxygen atoms in total. The highest BCUT2D eigenvalue weighted by molar-refractivity contribution is 5.94. The number of benzene rings is 1. The Kier molecular flexibility index (Phi) is 6.62. The van der Waals surface area contributed by atoms with Crippen LogP contribution in [0.15, 0.2) is 59.2 Å². The molecular formula is C21H23N3O4. The Labute approximate surface area is 163 Å². The maximum Gasteiger partial charge on any atom is 0.305 e. The smallest absolute Gasteiger partial charge is 0.305 e. The van der Waals surface area contributed by atoms with Crippen LogP contribution in [0.1, 0.15) is 36.2 Å². The molecule has 3 rings (SSSR count). The summed E-state index contributed by atoms with van der Waals surface area (Å²) in [6, 6.07) is 14.8. The van der Waals surface area contributed by atoms with Crippen molar-refractivity contribution in [1.29, 1.82) is 0 Å². The maximum atomic E-state index is 12.7. The Balaban J connectivity index is 1.66. The Morgan fingerprint density at radius 3 is 2.64 bits per heavy atom. The quantitative estimate of drug-likeness (QED) is 0.452. The molecule has 0 saturated heterocycles. The van der Waals surface area contributed by atoms with Crippen molar-refractivity contribution >= 4 is 11.9 Å². The second-order valence-corrected chi connectivity index (χ2v) is 6.28. The molecule has 2 aromatic heterocycles. The highest BCUT2D eigenvalue weighted by Gasteiger charge is 2.18. The minimum absolute atomic E-state index is 0.206. The predicted octanol–water partition coefficient (Wildman–Crippen LogP) is 3.60. The van der Waals surface area contributed by atoms with Gasteiger partial charge in [-0.1, -0.05) is 24.6 Å². The van der Waals surface area contributed by atoms with Crippen molar-refractivity contribution < 1.29 is 18.7 Å². The van der Waals surface area contributed by atoms with Gasteiger partial charge in [-0.2, -0.15) is 5.10 Å². The fraction of sp³-hybridized carbons (Fsp3) is 0.286. The van der Waals surface area contributed by atoms with Crippen LogP contribution in [0.4, 0.5) is 0 Å². The van der Waals surface area contributed by atoms with Crippen LogP contribution in [0.2, 0.25) is 0 Å². The molecule has 0 bridgehead atoms. The minimum atomic E-state index is -0.207. The third-order valence-corrected chi connectivity index (χ3v) is 4.29. The lowest BCUT2D eigenvalue weighted by Crippen LogP contribution is -2.26. The van der Waals surface area contributed by atoms with E-state index >= 15 is 0 Å². The van der Waals surface area contributed by atoms with Gasteiger partial charge in [0, 0.05) is 19.0 Å². The molecule has 0 atom stereocenters. The number of amides is 1. The molecule has 0 aliphatic rings. The lowest BCUT2D eigenvalue weighted by atomic mass is 10.2. The summed E-state index contributed by atoms with van der Waals surface area (Å²) in [5.74, 6) is 0.190. The van der Waals surface area contributed by atoms with E-state index in [1.807, 2.05) is 30.3 Å². The zero-order valence-electron chi connectivity index (χ0n) is 15.8. The highest BCUT2D eigenvalue weighted by atomic mass is 16.5. The van der Waals surface area contributed by atoms with Crippen LogP contribution in [0.5, 0.6) is 0 Å². The fourth-order valence-corrected chi connectivity index (χ4v) is 2.82. The van der Waals surface area contributed by atoms with Gasteiger partial charge >= 0.3 is 5.97 Å². The number of hydrogen-bond acceptors (Lipinski definition) is 5. The number of nitrogens with zero attached hydrogens (tertiary/aromatic N) is 2. The first-order valence-electron chi connectivity index (χ1n) is 9.23. The van der Waals surface area contributed by atoms with Crippen molar-refractivity contribution in [1.82, 2.24) is 15.1 Å². The van der Waals surface area contributed by atoms with Crippen LogP contribution in [0.25, 0.3) is 17.1 Å². The number of esters is 1. The molecule has 0 aliphatic heterocycles. The summed E-state index contributed by atoms with van der Waals surface area (Å²) in [4.78, 5) is 23.8. The first kappa shape index (κ1) is 19.4. The third-order valence-electron chi connectivity index (χ3n) is 4.29. The van der Waals surface area contributed by atoms with E-state index in [-0.39, 0.29) is 11.9 Å². The van der Waals surface area contributed by atoms with Crippen molar-refractivity contribution in [3.63, 3.8) is 0 Å². The standard InChI is InChI=1S/C21H23N3O4/c1-27-20(25)12-6-3-7-13-22-21(26)18-15-17(19-11-8-14-28-19)23-24(18)16-9-4-2-5-10-16/h2,4-5,8-11,14-15H,3,6-7,12-13H2,1H3,(H,22,26). The van der Waals surface area contributed by atoms with E-state index in [1.54, 1.807) is 29.1 Å². The fourth-order valence-electron chi connectivity index (χ4n) is 2.82. The SMILES string of the molecule is COC(=O)CCCCCNC(=O)c1cc(-c2ccco2)nn1-c1ccccc1. The summed E-state index contributed by atoms with van der Waals surface area (Å²) in [5.41, 5.74) is 1.83. The molecule has 28 heavy (non-hydrogen) atoms. The van der Waals surface area contributed by atoms with E-state index in [1.165, 1.54) is 7.11 Å². The summed E-state index contributed by atoms with van der Waals surface area (Å²) in [5, 5.41) is 7.46. The van der Waals surface area contributed by atoms with Gasteiger partial charge < -0.3 is 14.5 Å². The predicted molar refractivity (Wildman–Crippen MR) is 104 cm³/mol. The number of para-hydroxylation sites is 1. The zero-order chi connectivity index (χ0) is 19.8. The second-order valence-electron chi connectivity index (χ2n) is 6.28. The number of nitrogens with one attached hydrogen (secondary N) is 1. The van der Waals surface area contributed by atoms with Crippen LogP contribution in [-0.2, 0) is 9.53 Å². The van der Waals surface area contributed by atoms with Crippen LogP contribution >= 0.6 is 0 Å². The number of aromatic nitrogens is 2. The monoisotopic (exact) mass is 381 g/mol. The molecular weight excluding hydrogens is 358 g/mol. The van der Waals surface area contributed by atoms with Gasteiger partial charge in [0.05, 0.1) is 19.1 Å².